The zero-order chi connectivity index (χ0) is 13.4. The Labute approximate surface area is 134 Å². The van der Waals surface area contributed by atoms with Gasteiger partial charge in [-0.15, -0.1) is 12.4 Å². The number of piperazine rings is 1. The highest BCUT2D eigenvalue weighted by molar-refractivity contribution is 9.10. The van der Waals surface area contributed by atoms with Crippen LogP contribution < -0.4 is 10.2 Å². The predicted molar refractivity (Wildman–Crippen MR) is 91.2 cm³/mol. The van der Waals surface area contributed by atoms with Crippen LogP contribution in [-0.2, 0) is 0 Å². The van der Waals surface area contributed by atoms with Gasteiger partial charge >= 0.3 is 0 Å². The van der Waals surface area contributed by atoms with Crippen LogP contribution in [0.4, 0.5) is 5.69 Å². The first-order chi connectivity index (χ1) is 9.16. The van der Waals surface area contributed by atoms with E-state index >= 15 is 0 Å². The van der Waals surface area contributed by atoms with Gasteiger partial charge in [0.2, 0.25) is 0 Å². The Kier molecular flexibility index (Phi) is 4.89. The van der Waals surface area contributed by atoms with Crippen molar-refractivity contribution in [2.24, 2.45) is 0 Å². The highest BCUT2D eigenvalue weighted by Crippen LogP contribution is 2.34. The summed E-state index contributed by atoms with van der Waals surface area (Å²) >= 11 is 3.67. The van der Waals surface area contributed by atoms with Gasteiger partial charge in [-0.25, -0.2) is 0 Å². The molecule has 2 heterocycles. The maximum atomic E-state index is 4.55. The number of hydrogen-bond donors (Lipinski definition) is 1. The van der Waals surface area contributed by atoms with Crippen molar-refractivity contribution >= 4 is 44.9 Å². The van der Waals surface area contributed by atoms with Crippen molar-refractivity contribution in [2.45, 2.75) is 13.8 Å². The van der Waals surface area contributed by atoms with Crippen molar-refractivity contribution in [3.8, 4) is 0 Å². The highest BCUT2D eigenvalue weighted by Gasteiger charge is 2.17. The van der Waals surface area contributed by atoms with Crippen molar-refractivity contribution in [1.82, 2.24) is 10.3 Å². The molecule has 1 saturated heterocycles. The Morgan fingerprint density at radius 3 is 2.50 bits per heavy atom. The summed E-state index contributed by atoms with van der Waals surface area (Å²) in [5.74, 6) is 0. The molecule has 2 aromatic rings. The molecular weight excluding hydrogens is 338 g/mol. The number of hydrogen-bond acceptors (Lipinski definition) is 3. The van der Waals surface area contributed by atoms with E-state index in [4.69, 9.17) is 0 Å². The number of halogens is 2. The minimum absolute atomic E-state index is 0. The van der Waals surface area contributed by atoms with E-state index in [-0.39, 0.29) is 12.4 Å². The molecule has 3 nitrogen and oxygen atoms in total. The van der Waals surface area contributed by atoms with E-state index in [1.807, 2.05) is 6.20 Å². The number of benzene rings is 1. The maximum Gasteiger partial charge on any atom is 0.0726 e. The number of pyridine rings is 1. The van der Waals surface area contributed by atoms with Gasteiger partial charge < -0.3 is 10.2 Å². The molecule has 1 aromatic heterocycles. The molecule has 0 radical (unpaired) electrons. The Hall–Kier alpha value is -0.840. The molecule has 0 amide bonds. The van der Waals surface area contributed by atoms with Crippen LogP contribution in [-0.4, -0.2) is 31.2 Å². The zero-order valence-electron chi connectivity index (χ0n) is 11.7. The van der Waals surface area contributed by atoms with Gasteiger partial charge in [-0.1, -0.05) is 0 Å². The second kappa shape index (κ2) is 6.29. The van der Waals surface area contributed by atoms with Crippen LogP contribution in [0.3, 0.4) is 0 Å². The van der Waals surface area contributed by atoms with E-state index in [1.54, 1.807) is 0 Å². The van der Waals surface area contributed by atoms with Gasteiger partial charge in [0.25, 0.3) is 0 Å². The summed E-state index contributed by atoms with van der Waals surface area (Å²) in [6, 6.07) is 4.45. The summed E-state index contributed by atoms with van der Waals surface area (Å²) in [6.07, 6.45) is 1.93. The maximum absolute atomic E-state index is 4.55. The first-order valence-electron chi connectivity index (χ1n) is 6.68. The molecule has 1 aliphatic heterocycles. The lowest BCUT2D eigenvalue weighted by molar-refractivity contribution is 0.589. The van der Waals surface area contributed by atoms with Gasteiger partial charge in [-0.3, -0.25) is 4.98 Å². The molecule has 1 aromatic carbocycles. The molecule has 0 saturated carbocycles. The average Bonchev–Trinajstić information content (AvgIpc) is 2.42. The second-order valence-electron chi connectivity index (χ2n) is 5.15. The van der Waals surface area contributed by atoms with Crippen LogP contribution >= 0.6 is 28.3 Å². The van der Waals surface area contributed by atoms with Gasteiger partial charge in [-0.2, -0.15) is 0 Å². The van der Waals surface area contributed by atoms with Crippen molar-refractivity contribution in [2.75, 3.05) is 31.1 Å². The first kappa shape index (κ1) is 15.5. The molecule has 0 atom stereocenters. The topological polar surface area (TPSA) is 28.2 Å². The summed E-state index contributed by atoms with van der Waals surface area (Å²) in [7, 11) is 0. The summed E-state index contributed by atoms with van der Waals surface area (Å²) < 4.78 is 1.09. The fourth-order valence-electron chi connectivity index (χ4n) is 2.62. The van der Waals surface area contributed by atoms with Gasteiger partial charge in [0.1, 0.15) is 0 Å². The van der Waals surface area contributed by atoms with Gasteiger partial charge in [0.15, 0.2) is 0 Å². The molecule has 0 unspecified atom stereocenters. The van der Waals surface area contributed by atoms with Gasteiger partial charge in [0, 0.05) is 37.8 Å². The number of anilines is 1. The third kappa shape index (κ3) is 2.78. The second-order valence-corrected chi connectivity index (χ2v) is 6.00. The Balaban J connectivity index is 0.00000147. The van der Waals surface area contributed by atoms with Crippen molar-refractivity contribution < 1.29 is 0 Å². The van der Waals surface area contributed by atoms with E-state index in [2.05, 4.69) is 57.1 Å². The van der Waals surface area contributed by atoms with Gasteiger partial charge in [0.05, 0.1) is 15.7 Å². The molecule has 1 N–H and O–H groups in total. The Morgan fingerprint density at radius 1 is 1.15 bits per heavy atom. The normalized spacial score (nSPS) is 15.2. The molecule has 5 heteroatoms. The lowest BCUT2D eigenvalue weighted by atomic mass is 10.0. The minimum Gasteiger partial charge on any atom is -0.367 e. The van der Waals surface area contributed by atoms with Crippen LogP contribution in [0.5, 0.6) is 0 Å². The summed E-state index contributed by atoms with van der Waals surface area (Å²) in [5.41, 5.74) is 4.99. The SMILES string of the molecule is Cc1cc2ncc(Br)c(N3CCNCC3)c2cc1C.Cl. The quantitative estimate of drug-likeness (QED) is 0.848. The largest absolute Gasteiger partial charge is 0.367 e. The highest BCUT2D eigenvalue weighted by atomic mass is 79.9. The number of rotatable bonds is 1. The van der Waals surface area contributed by atoms with Crippen LogP contribution in [0.15, 0.2) is 22.8 Å². The zero-order valence-corrected chi connectivity index (χ0v) is 14.1. The molecule has 20 heavy (non-hydrogen) atoms. The van der Waals surface area contributed by atoms with Crippen LogP contribution in [0.25, 0.3) is 10.9 Å². The smallest absolute Gasteiger partial charge is 0.0726 e. The fraction of sp³-hybridized carbons (Fsp3) is 0.400. The third-order valence-corrected chi connectivity index (χ3v) is 4.42. The molecule has 3 rings (SSSR count). The number of fused-ring (bicyclic) bond motifs is 1. The minimum atomic E-state index is 0. The first-order valence-corrected chi connectivity index (χ1v) is 7.47. The molecule has 0 aliphatic carbocycles. The average molecular weight is 357 g/mol. The number of aryl methyl sites for hydroxylation is 2. The molecular formula is C15H19BrClN3. The lowest BCUT2D eigenvalue weighted by Gasteiger charge is -2.31. The monoisotopic (exact) mass is 355 g/mol. The summed E-state index contributed by atoms with van der Waals surface area (Å²) in [6.45, 7) is 8.48. The van der Waals surface area contributed by atoms with E-state index in [9.17, 15) is 0 Å². The molecule has 1 fully saturated rings. The molecule has 1 aliphatic rings. The number of nitrogens with zero attached hydrogens (tertiary/aromatic N) is 2. The number of aromatic nitrogens is 1. The summed E-state index contributed by atoms with van der Waals surface area (Å²) in [4.78, 5) is 6.99. The third-order valence-electron chi connectivity index (χ3n) is 3.84. The van der Waals surface area contributed by atoms with Crippen molar-refractivity contribution in [3.05, 3.63) is 33.9 Å². The Bertz CT molecular complexity index is 624. The van der Waals surface area contributed by atoms with Crippen molar-refractivity contribution in [3.63, 3.8) is 0 Å². The molecule has 0 bridgehead atoms. The van der Waals surface area contributed by atoms with Crippen molar-refractivity contribution in [1.29, 1.82) is 0 Å². The lowest BCUT2D eigenvalue weighted by Crippen LogP contribution is -2.43. The molecule has 108 valence electrons. The fourth-order valence-corrected chi connectivity index (χ4v) is 3.19. The standard InChI is InChI=1S/C15H18BrN3.ClH/c1-10-7-12-14(8-11(10)2)18-9-13(16)15(12)19-5-3-17-4-6-19;/h7-9,17H,3-6H2,1-2H3;1H. The van der Waals surface area contributed by atoms with Crippen LogP contribution in [0.2, 0.25) is 0 Å². The Morgan fingerprint density at radius 2 is 1.80 bits per heavy atom. The number of nitrogens with one attached hydrogen (secondary N) is 1. The predicted octanol–water partition coefficient (Wildman–Crippen LogP) is 3.45. The van der Waals surface area contributed by atoms with Crippen LogP contribution in [0.1, 0.15) is 11.1 Å². The summed E-state index contributed by atoms with van der Waals surface area (Å²) in [5, 5.41) is 4.65. The van der Waals surface area contributed by atoms with Crippen LogP contribution in [0, 0.1) is 13.8 Å². The van der Waals surface area contributed by atoms with E-state index in [0.717, 1.165) is 36.2 Å². The van der Waals surface area contributed by atoms with E-state index in [0.29, 0.717) is 0 Å². The van der Waals surface area contributed by atoms with E-state index in [1.165, 1.54) is 22.2 Å². The van der Waals surface area contributed by atoms with E-state index < -0.39 is 0 Å². The molecule has 0 spiro atoms. The van der Waals surface area contributed by atoms with Gasteiger partial charge in [-0.05, 0) is 53.0 Å².